The van der Waals surface area contributed by atoms with E-state index < -0.39 is 5.97 Å². The molecule has 3 heteroatoms. The normalized spacial score (nSPS) is 16.8. The molecule has 1 heterocycles. The summed E-state index contributed by atoms with van der Waals surface area (Å²) in [5, 5.41) is 10.5. The summed E-state index contributed by atoms with van der Waals surface area (Å²) in [5.74, 6) is -0.347. The fourth-order valence-electron chi connectivity index (χ4n) is 4.29. The van der Waals surface area contributed by atoms with Gasteiger partial charge in [-0.3, -0.25) is 0 Å². The molecule has 1 aromatic heterocycles. The minimum Gasteiger partial charge on any atom is -0.478 e. The van der Waals surface area contributed by atoms with Gasteiger partial charge in [0.15, 0.2) is 0 Å². The quantitative estimate of drug-likeness (QED) is 0.721. The van der Waals surface area contributed by atoms with E-state index in [2.05, 4.69) is 42.7 Å². The predicted octanol–water partition coefficient (Wildman–Crippen LogP) is 5.14. The molecular formula is C22H23NO2. The molecule has 0 saturated carbocycles. The Hall–Kier alpha value is -2.55. The second-order valence-corrected chi connectivity index (χ2v) is 7.27. The first-order valence-corrected chi connectivity index (χ1v) is 8.98. The number of aryl methyl sites for hydroxylation is 2. The van der Waals surface area contributed by atoms with E-state index in [1.54, 1.807) is 6.07 Å². The van der Waals surface area contributed by atoms with Crippen molar-refractivity contribution in [1.29, 1.82) is 0 Å². The molecule has 0 bridgehead atoms. The number of carbonyl (C=O) groups is 1. The number of nitrogens with zero attached hydrogens (tertiary/aromatic N) is 1. The molecule has 2 aromatic carbocycles. The Morgan fingerprint density at radius 3 is 2.84 bits per heavy atom. The van der Waals surface area contributed by atoms with E-state index in [0.717, 1.165) is 23.9 Å². The molecular weight excluding hydrogens is 310 g/mol. The SMILES string of the molecule is Cc1cccc(Cn2c3c(c4cc(C(=O)O)ccc42)CCCC3C)c1. The lowest BCUT2D eigenvalue weighted by atomic mass is 9.87. The molecule has 1 unspecified atom stereocenters. The maximum Gasteiger partial charge on any atom is 0.335 e. The van der Waals surface area contributed by atoms with E-state index in [0.29, 0.717) is 11.5 Å². The minimum atomic E-state index is -0.856. The van der Waals surface area contributed by atoms with Crippen molar-refractivity contribution >= 4 is 16.9 Å². The highest BCUT2D eigenvalue weighted by atomic mass is 16.4. The van der Waals surface area contributed by atoms with Crippen LogP contribution in [-0.4, -0.2) is 15.6 Å². The zero-order valence-corrected chi connectivity index (χ0v) is 14.7. The molecule has 0 radical (unpaired) electrons. The third kappa shape index (κ3) is 2.74. The van der Waals surface area contributed by atoms with Gasteiger partial charge in [0.1, 0.15) is 0 Å². The lowest BCUT2D eigenvalue weighted by molar-refractivity contribution is 0.0697. The Morgan fingerprint density at radius 1 is 1.24 bits per heavy atom. The number of fused-ring (bicyclic) bond motifs is 3. The van der Waals surface area contributed by atoms with Crippen molar-refractivity contribution < 1.29 is 9.90 Å². The molecule has 0 amide bonds. The summed E-state index contributed by atoms with van der Waals surface area (Å²) in [6, 6.07) is 14.2. The maximum atomic E-state index is 11.4. The van der Waals surface area contributed by atoms with Crippen molar-refractivity contribution in [1.82, 2.24) is 4.57 Å². The molecule has 0 saturated heterocycles. The van der Waals surface area contributed by atoms with Crippen molar-refractivity contribution in [3.05, 3.63) is 70.4 Å². The Morgan fingerprint density at radius 2 is 2.08 bits per heavy atom. The summed E-state index contributed by atoms with van der Waals surface area (Å²) in [7, 11) is 0. The Bertz CT molecular complexity index is 968. The fraction of sp³-hybridized carbons (Fsp3) is 0.318. The predicted molar refractivity (Wildman–Crippen MR) is 101 cm³/mol. The molecule has 25 heavy (non-hydrogen) atoms. The van der Waals surface area contributed by atoms with Gasteiger partial charge in [-0.15, -0.1) is 0 Å². The lowest BCUT2D eigenvalue weighted by Crippen LogP contribution is -2.12. The number of hydrogen-bond donors (Lipinski definition) is 1. The highest BCUT2D eigenvalue weighted by molar-refractivity contribution is 5.95. The molecule has 0 aliphatic heterocycles. The van der Waals surface area contributed by atoms with E-state index in [1.165, 1.54) is 35.2 Å². The average molecular weight is 333 g/mol. The average Bonchev–Trinajstić information content (AvgIpc) is 2.90. The van der Waals surface area contributed by atoms with Gasteiger partial charge < -0.3 is 9.67 Å². The van der Waals surface area contributed by atoms with Gasteiger partial charge in [-0.05, 0) is 61.4 Å². The van der Waals surface area contributed by atoms with Crippen LogP contribution in [0.25, 0.3) is 10.9 Å². The Balaban J connectivity index is 1.93. The molecule has 1 atom stereocenters. The van der Waals surface area contributed by atoms with Gasteiger partial charge in [-0.2, -0.15) is 0 Å². The molecule has 1 aliphatic rings. The van der Waals surface area contributed by atoms with Gasteiger partial charge in [-0.25, -0.2) is 4.79 Å². The summed E-state index contributed by atoms with van der Waals surface area (Å²) >= 11 is 0. The number of aromatic carboxylic acids is 1. The summed E-state index contributed by atoms with van der Waals surface area (Å²) < 4.78 is 2.41. The molecule has 1 aliphatic carbocycles. The van der Waals surface area contributed by atoms with Gasteiger partial charge in [0.25, 0.3) is 0 Å². The highest BCUT2D eigenvalue weighted by Crippen LogP contribution is 2.39. The van der Waals surface area contributed by atoms with Crippen LogP contribution in [0.1, 0.15) is 58.4 Å². The van der Waals surface area contributed by atoms with Crippen LogP contribution < -0.4 is 0 Å². The number of aromatic nitrogens is 1. The van der Waals surface area contributed by atoms with Crippen LogP contribution in [0.3, 0.4) is 0 Å². The standard InChI is InChI=1S/C22H23NO2/c1-14-5-3-7-16(11-14)13-23-20-10-9-17(22(24)25)12-19(20)18-8-4-6-15(2)21(18)23/h3,5,7,9-12,15H,4,6,8,13H2,1-2H3,(H,24,25). The zero-order chi connectivity index (χ0) is 17.6. The monoisotopic (exact) mass is 333 g/mol. The largest absolute Gasteiger partial charge is 0.478 e. The number of carboxylic acids is 1. The smallest absolute Gasteiger partial charge is 0.335 e. The number of hydrogen-bond acceptors (Lipinski definition) is 1. The van der Waals surface area contributed by atoms with Gasteiger partial charge >= 0.3 is 5.97 Å². The van der Waals surface area contributed by atoms with Gasteiger partial charge in [0, 0.05) is 23.1 Å². The number of carboxylic acid groups (broad SMARTS) is 1. The van der Waals surface area contributed by atoms with Crippen LogP contribution in [-0.2, 0) is 13.0 Å². The summed E-state index contributed by atoms with van der Waals surface area (Å²) in [6.07, 6.45) is 3.41. The second-order valence-electron chi connectivity index (χ2n) is 7.27. The van der Waals surface area contributed by atoms with E-state index in [4.69, 9.17) is 0 Å². The van der Waals surface area contributed by atoms with Crippen LogP contribution in [0, 0.1) is 6.92 Å². The van der Waals surface area contributed by atoms with Crippen molar-refractivity contribution in [3.63, 3.8) is 0 Å². The first-order valence-electron chi connectivity index (χ1n) is 8.98. The number of benzene rings is 2. The second kappa shape index (κ2) is 6.07. The summed E-state index contributed by atoms with van der Waals surface area (Å²) in [6.45, 7) is 5.25. The van der Waals surface area contributed by atoms with Crippen molar-refractivity contribution in [2.45, 2.75) is 45.6 Å². The Labute approximate surface area is 147 Å². The van der Waals surface area contributed by atoms with E-state index in [9.17, 15) is 9.90 Å². The third-order valence-corrected chi connectivity index (χ3v) is 5.41. The number of rotatable bonds is 3. The maximum absolute atomic E-state index is 11.4. The molecule has 128 valence electrons. The van der Waals surface area contributed by atoms with Crippen molar-refractivity contribution in [2.24, 2.45) is 0 Å². The summed E-state index contributed by atoms with van der Waals surface area (Å²) in [5.41, 5.74) is 6.84. The van der Waals surface area contributed by atoms with Crippen LogP contribution >= 0.6 is 0 Å². The first kappa shape index (κ1) is 15.9. The highest BCUT2D eigenvalue weighted by Gasteiger charge is 2.25. The third-order valence-electron chi connectivity index (χ3n) is 5.41. The fourth-order valence-corrected chi connectivity index (χ4v) is 4.29. The van der Waals surface area contributed by atoms with Crippen LogP contribution in [0.2, 0.25) is 0 Å². The van der Waals surface area contributed by atoms with E-state index in [1.807, 2.05) is 12.1 Å². The molecule has 3 aromatic rings. The van der Waals surface area contributed by atoms with E-state index in [-0.39, 0.29) is 0 Å². The van der Waals surface area contributed by atoms with Gasteiger partial charge in [0.2, 0.25) is 0 Å². The first-order chi connectivity index (χ1) is 12.0. The zero-order valence-electron chi connectivity index (χ0n) is 14.7. The van der Waals surface area contributed by atoms with Crippen molar-refractivity contribution in [2.75, 3.05) is 0 Å². The molecule has 4 rings (SSSR count). The molecule has 0 fully saturated rings. The molecule has 0 spiro atoms. The minimum absolute atomic E-state index is 0.376. The van der Waals surface area contributed by atoms with Crippen LogP contribution in [0.4, 0.5) is 0 Å². The van der Waals surface area contributed by atoms with Gasteiger partial charge in [-0.1, -0.05) is 36.8 Å². The van der Waals surface area contributed by atoms with E-state index >= 15 is 0 Å². The topological polar surface area (TPSA) is 42.2 Å². The van der Waals surface area contributed by atoms with Crippen molar-refractivity contribution in [3.8, 4) is 0 Å². The molecule has 1 N–H and O–H groups in total. The molecule has 3 nitrogen and oxygen atoms in total. The van der Waals surface area contributed by atoms with Crippen LogP contribution in [0.5, 0.6) is 0 Å². The van der Waals surface area contributed by atoms with Gasteiger partial charge in [0.05, 0.1) is 5.56 Å². The lowest BCUT2D eigenvalue weighted by Gasteiger charge is -2.22. The Kier molecular flexibility index (Phi) is 3.87. The summed E-state index contributed by atoms with van der Waals surface area (Å²) in [4.78, 5) is 11.4. The van der Waals surface area contributed by atoms with Crippen LogP contribution in [0.15, 0.2) is 42.5 Å².